The van der Waals surface area contributed by atoms with Gasteiger partial charge in [0.2, 0.25) is 0 Å². The molecule has 0 heterocycles. The Bertz CT molecular complexity index is 601. The van der Waals surface area contributed by atoms with E-state index >= 15 is 0 Å². The van der Waals surface area contributed by atoms with Crippen molar-refractivity contribution < 1.29 is 5.11 Å². The van der Waals surface area contributed by atoms with Crippen molar-refractivity contribution in [2.45, 2.75) is 18.9 Å². The Morgan fingerprint density at radius 3 is 2.45 bits per heavy atom. The number of aryl methyl sites for hydroxylation is 1. The van der Waals surface area contributed by atoms with Gasteiger partial charge in [-0.1, -0.05) is 56.1 Å². The largest absolute Gasteiger partial charge is 0.388 e. The van der Waals surface area contributed by atoms with Gasteiger partial charge in [0.15, 0.2) is 0 Å². The van der Waals surface area contributed by atoms with E-state index in [-0.39, 0.29) is 5.92 Å². The van der Waals surface area contributed by atoms with E-state index in [4.69, 9.17) is 5.73 Å². The SMILES string of the molecule is Cc1ccccc1C(CN)C(O)c1cc(Br)ccc1Br. The highest BCUT2D eigenvalue weighted by Gasteiger charge is 2.24. The molecule has 2 atom stereocenters. The van der Waals surface area contributed by atoms with Crippen molar-refractivity contribution in [1.29, 1.82) is 0 Å². The molecule has 2 aromatic rings. The summed E-state index contributed by atoms with van der Waals surface area (Å²) in [4.78, 5) is 0. The van der Waals surface area contributed by atoms with Gasteiger partial charge in [0.1, 0.15) is 0 Å². The highest BCUT2D eigenvalue weighted by Crippen LogP contribution is 2.36. The molecule has 0 aliphatic carbocycles. The molecule has 2 nitrogen and oxygen atoms in total. The normalized spacial score (nSPS) is 14.1. The summed E-state index contributed by atoms with van der Waals surface area (Å²) < 4.78 is 1.83. The summed E-state index contributed by atoms with van der Waals surface area (Å²) in [5.74, 6) is -0.123. The van der Waals surface area contributed by atoms with Crippen LogP contribution in [0, 0.1) is 6.92 Å². The molecule has 0 amide bonds. The second-order valence-corrected chi connectivity index (χ2v) is 6.58. The monoisotopic (exact) mass is 397 g/mol. The van der Waals surface area contributed by atoms with E-state index in [1.807, 2.05) is 49.4 Å². The Balaban J connectivity index is 2.41. The third-order valence-corrected chi connectivity index (χ3v) is 4.72. The van der Waals surface area contributed by atoms with E-state index in [1.165, 1.54) is 0 Å². The molecular weight excluding hydrogens is 382 g/mol. The maximum Gasteiger partial charge on any atom is 0.0882 e. The average molecular weight is 399 g/mol. The molecule has 2 unspecified atom stereocenters. The zero-order chi connectivity index (χ0) is 14.7. The summed E-state index contributed by atoms with van der Waals surface area (Å²) in [6.07, 6.45) is -0.645. The summed E-state index contributed by atoms with van der Waals surface area (Å²) in [5, 5.41) is 10.7. The fourth-order valence-corrected chi connectivity index (χ4v) is 3.25. The van der Waals surface area contributed by atoms with Crippen molar-refractivity contribution in [3.05, 3.63) is 68.1 Å². The lowest BCUT2D eigenvalue weighted by molar-refractivity contribution is 0.146. The summed E-state index contributed by atoms with van der Waals surface area (Å²) in [6, 6.07) is 13.8. The van der Waals surface area contributed by atoms with Gasteiger partial charge in [-0.05, 0) is 41.8 Å². The second kappa shape index (κ2) is 6.85. The molecule has 3 N–H and O–H groups in total. The Morgan fingerprint density at radius 1 is 1.10 bits per heavy atom. The third kappa shape index (κ3) is 3.31. The third-order valence-electron chi connectivity index (χ3n) is 3.50. The Morgan fingerprint density at radius 2 is 1.80 bits per heavy atom. The van der Waals surface area contributed by atoms with Crippen LogP contribution in [0.2, 0.25) is 0 Å². The van der Waals surface area contributed by atoms with Gasteiger partial charge < -0.3 is 10.8 Å². The van der Waals surface area contributed by atoms with Crippen LogP contribution in [0.4, 0.5) is 0 Å². The van der Waals surface area contributed by atoms with Gasteiger partial charge >= 0.3 is 0 Å². The van der Waals surface area contributed by atoms with E-state index in [0.29, 0.717) is 6.54 Å². The number of hydrogen-bond acceptors (Lipinski definition) is 2. The molecular formula is C16H17Br2NO. The first-order chi connectivity index (χ1) is 9.54. The highest BCUT2D eigenvalue weighted by atomic mass is 79.9. The molecule has 20 heavy (non-hydrogen) atoms. The maximum atomic E-state index is 10.7. The zero-order valence-electron chi connectivity index (χ0n) is 11.2. The van der Waals surface area contributed by atoms with Crippen molar-refractivity contribution in [3.8, 4) is 0 Å². The molecule has 0 aromatic heterocycles. The van der Waals surface area contributed by atoms with Crippen LogP contribution in [-0.2, 0) is 0 Å². The maximum absolute atomic E-state index is 10.7. The average Bonchev–Trinajstić information content (AvgIpc) is 2.44. The molecule has 0 saturated carbocycles. The zero-order valence-corrected chi connectivity index (χ0v) is 14.4. The number of aliphatic hydroxyl groups excluding tert-OH is 1. The molecule has 0 aliphatic rings. The Kier molecular flexibility index (Phi) is 5.38. The van der Waals surface area contributed by atoms with Gasteiger partial charge in [0, 0.05) is 21.4 Å². The minimum Gasteiger partial charge on any atom is -0.388 e. The van der Waals surface area contributed by atoms with Gasteiger partial charge in [-0.15, -0.1) is 0 Å². The summed E-state index contributed by atoms with van der Waals surface area (Å²) in [5.41, 5.74) is 9.00. The Hall–Kier alpha value is -0.680. The molecule has 2 rings (SSSR count). The first kappa shape index (κ1) is 15.7. The standard InChI is InChI=1S/C16H17Br2NO/c1-10-4-2-3-5-12(10)14(9-19)16(20)13-8-11(17)6-7-15(13)18/h2-8,14,16,20H,9,19H2,1H3. The van der Waals surface area contributed by atoms with Crippen molar-refractivity contribution >= 4 is 31.9 Å². The molecule has 0 spiro atoms. The number of nitrogens with two attached hydrogens (primary N) is 1. The molecule has 0 saturated heterocycles. The van der Waals surface area contributed by atoms with Gasteiger partial charge in [0.25, 0.3) is 0 Å². The van der Waals surface area contributed by atoms with Crippen molar-refractivity contribution in [3.63, 3.8) is 0 Å². The lowest BCUT2D eigenvalue weighted by atomic mass is 9.87. The number of hydrogen-bond donors (Lipinski definition) is 2. The fraction of sp³-hybridized carbons (Fsp3) is 0.250. The molecule has 0 aliphatic heterocycles. The van der Waals surface area contributed by atoms with Gasteiger partial charge in [0.05, 0.1) is 6.10 Å². The van der Waals surface area contributed by atoms with Crippen molar-refractivity contribution in [2.75, 3.05) is 6.54 Å². The molecule has 4 heteroatoms. The minimum absolute atomic E-state index is 0.123. The van der Waals surface area contributed by atoms with Crippen LogP contribution in [0.25, 0.3) is 0 Å². The van der Waals surface area contributed by atoms with E-state index in [9.17, 15) is 5.11 Å². The van der Waals surface area contributed by atoms with E-state index in [1.54, 1.807) is 0 Å². The van der Waals surface area contributed by atoms with Gasteiger partial charge in [-0.2, -0.15) is 0 Å². The predicted octanol–water partition coefficient (Wildman–Crippen LogP) is 4.30. The molecule has 2 aromatic carbocycles. The lowest BCUT2D eigenvalue weighted by Crippen LogP contribution is -2.21. The van der Waals surface area contributed by atoms with Crippen molar-refractivity contribution in [2.24, 2.45) is 5.73 Å². The fourth-order valence-electron chi connectivity index (χ4n) is 2.39. The number of halogens is 2. The van der Waals surface area contributed by atoms with E-state index < -0.39 is 6.10 Å². The van der Waals surface area contributed by atoms with Crippen molar-refractivity contribution in [1.82, 2.24) is 0 Å². The van der Waals surface area contributed by atoms with Crippen LogP contribution < -0.4 is 5.73 Å². The number of benzene rings is 2. The smallest absolute Gasteiger partial charge is 0.0882 e. The number of rotatable bonds is 4. The lowest BCUT2D eigenvalue weighted by Gasteiger charge is -2.25. The highest BCUT2D eigenvalue weighted by molar-refractivity contribution is 9.11. The first-order valence-electron chi connectivity index (χ1n) is 6.43. The first-order valence-corrected chi connectivity index (χ1v) is 8.01. The second-order valence-electron chi connectivity index (χ2n) is 4.81. The van der Waals surface area contributed by atoms with E-state index in [2.05, 4.69) is 31.9 Å². The van der Waals surface area contributed by atoms with Crippen LogP contribution in [0.5, 0.6) is 0 Å². The van der Waals surface area contributed by atoms with Crippen LogP contribution in [-0.4, -0.2) is 11.7 Å². The summed E-state index contributed by atoms with van der Waals surface area (Å²) in [7, 11) is 0. The molecule has 0 fully saturated rings. The van der Waals surface area contributed by atoms with E-state index in [0.717, 1.165) is 25.6 Å². The van der Waals surface area contributed by atoms with Crippen LogP contribution in [0.1, 0.15) is 28.7 Å². The summed E-state index contributed by atoms with van der Waals surface area (Å²) >= 11 is 6.94. The molecule has 0 bridgehead atoms. The Labute approximate surface area is 136 Å². The quantitative estimate of drug-likeness (QED) is 0.806. The molecule has 106 valence electrons. The topological polar surface area (TPSA) is 46.2 Å². The summed E-state index contributed by atoms with van der Waals surface area (Å²) in [6.45, 7) is 2.44. The van der Waals surface area contributed by atoms with Gasteiger partial charge in [-0.25, -0.2) is 0 Å². The van der Waals surface area contributed by atoms with Crippen LogP contribution >= 0.6 is 31.9 Å². The van der Waals surface area contributed by atoms with Crippen LogP contribution in [0.3, 0.4) is 0 Å². The molecule has 0 radical (unpaired) electrons. The predicted molar refractivity (Wildman–Crippen MR) is 89.8 cm³/mol. The minimum atomic E-state index is -0.645. The van der Waals surface area contributed by atoms with Crippen LogP contribution in [0.15, 0.2) is 51.4 Å². The number of aliphatic hydroxyl groups is 1. The van der Waals surface area contributed by atoms with Gasteiger partial charge in [-0.3, -0.25) is 0 Å².